The molecule has 0 aliphatic carbocycles. The highest BCUT2D eigenvalue weighted by atomic mass is 16.5. The highest BCUT2D eigenvalue weighted by Gasteiger charge is 2.32. The van der Waals surface area contributed by atoms with Crippen molar-refractivity contribution in [3.63, 3.8) is 0 Å². The second-order valence-electron chi connectivity index (χ2n) is 19.4. The van der Waals surface area contributed by atoms with Gasteiger partial charge in [0.1, 0.15) is 24.2 Å². The molecule has 0 aromatic carbocycles. The Labute approximate surface area is 456 Å². The summed E-state index contributed by atoms with van der Waals surface area (Å²) >= 11 is 0. The molecule has 25 N–H and O–H groups in total. The first-order valence-electron chi connectivity index (χ1n) is 27.6. The van der Waals surface area contributed by atoms with Crippen molar-refractivity contribution < 1.29 is 38.6 Å². The Morgan fingerprint density at radius 2 is 0.623 bits per heavy atom. The molecule has 0 aliphatic heterocycles. The molecule has 0 aromatic rings. The molecule has 0 radical (unpaired) electrons. The molecule has 0 aliphatic rings. The summed E-state index contributed by atoms with van der Waals surface area (Å²) < 4.78 is 5.67. The second-order valence-corrected chi connectivity index (χ2v) is 19.4. The molecule has 0 bridgehead atoms. The maximum atomic E-state index is 14.3. The molecule has 77 heavy (non-hydrogen) atoms. The molecular formula is C50H99N19O8. The fourth-order valence-electron chi connectivity index (χ4n) is 8.06. The van der Waals surface area contributed by atoms with Gasteiger partial charge in [-0.1, -0.05) is 96.8 Å². The molecule has 4 amide bonds. The Morgan fingerprint density at radius 1 is 0.364 bits per heavy atom. The fraction of sp³-hybridized carbons (Fsp3) is 0.780. The predicted molar refractivity (Wildman–Crippen MR) is 304 cm³/mol. The molecule has 0 saturated heterocycles. The molecule has 0 fully saturated rings. The zero-order chi connectivity index (χ0) is 57.6. The predicted octanol–water partition coefficient (Wildman–Crippen LogP) is 0.0892. The summed E-state index contributed by atoms with van der Waals surface area (Å²) in [7, 11) is 0. The van der Waals surface area contributed by atoms with Gasteiger partial charge < -0.3 is 88.4 Å². The number of ether oxygens (including phenoxy) is 1. The second kappa shape index (κ2) is 45.4. The maximum absolute atomic E-state index is 14.3. The van der Waals surface area contributed by atoms with Crippen LogP contribution in [0.4, 0.5) is 0 Å². The van der Waals surface area contributed by atoms with E-state index in [4.69, 9.17) is 67.2 Å². The van der Waals surface area contributed by atoms with Crippen LogP contribution < -0.4 is 78.6 Å². The summed E-state index contributed by atoms with van der Waals surface area (Å²) in [6.07, 6.45) is 19.7. The first-order valence-corrected chi connectivity index (χ1v) is 27.6. The van der Waals surface area contributed by atoms with E-state index in [1.54, 1.807) is 6.92 Å². The van der Waals surface area contributed by atoms with Gasteiger partial charge in [0.05, 0.1) is 6.61 Å². The first-order chi connectivity index (χ1) is 36.7. The average molecular weight is 1090 g/mol. The van der Waals surface area contributed by atoms with E-state index in [2.05, 4.69) is 46.2 Å². The molecule has 0 rings (SSSR count). The number of hydrogen-bond donors (Lipinski definition) is 15. The summed E-state index contributed by atoms with van der Waals surface area (Å²) in [6, 6.07) is -4.77. The van der Waals surface area contributed by atoms with Gasteiger partial charge >= 0.3 is 11.9 Å². The smallest absolute Gasteiger partial charge is 0.328 e. The first kappa shape index (κ1) is 70.2. The van der Waals surface area contributed by atoms with Crippen molar-refractivity contribution in [1.82, 2.24) is 21.3 Å². The van der Waals surface area contributed by atoms with E-state index in [9.17, 15) is 28.8 Å². The number of nitrogens with one attached hydrogen (secondary N) is 4. The monoisotopic (exact) mass is 1090 g/mol. The van der Waals surface area contributed by atoms with E-state index in [1.807, 2.05) is 0 Å². The van der Waals surface area contributed by atoms with Crippen LogP contribution in [0.15, 0.2) is 25.0 Å². The van der Waals surface area contributed by atoms with Crippen molar-refractivity contribution >= 4 is 65.4 Å². The lowest BCUT2D eigenvalue weighted by Gasteiger charge is -2.27. The standard InChI is InChI=1S/C50H99N19O8/c1-35(23-18-29-61-46(51)52)41(72)66-36(24-19-30-62-47(53)54)42(73)67-37(25-20-31-63-48(55)56)43(74)68-38(26-21-32-64-49(57)58)44(75)69-39(27-22-33-65-50(59)60)45(76)77-34-17-15-13-11-9-7-5-3-2-4-6-8-10-12-14-16-28-40(70)71/h35-39H,2-34H2,1H3,(H,66,72)(H,67,73)(H,68,74)(H,69,75)(H,70,71)(H4,51,52,61)(H4,53,54,62)(H4,55,56,63)(H4,57,58,64)(H4,59,60,65). The van der Waals surface area contributed by atoms with Gasteiger partial charge in [0, 0.05) is 45.1 Å². The van der Waals surface area contributed by atoms with Crippen molar-refractivity contribution in [1.29, 1.82) is 0 Å². The molecule has 0 heterocycles. The van der Waals surface area contributed by atoms with Crippen LogP contribution in [0.1, 0.15) is 180 Å². The van der Waals surface area contributed by atoms with E-state index >= 15 is 0 Å². The van der Waals surface area contributed by atoms with Crippen LogP contribution in [0.3, 0.4) is 0 Å². The lowest BCUT2D eigenvalue weighted by molar-refractivity contribution is -0.148. The Balaban J connectivity index is 5.93. The summed E-state index contributed by atoms with van der Waals surface area (Å²) in [5.74, 6) is -5.18. The number of aliphatic carboxylic acids is 1. The van der Waals surface area contributed by atoms with Crippen LogP contribution in [-0.4, -0.2) is 134 Å². The Hall–Kier alpha value is -6.83. The highest BCUT2D eigenvalue weighted by molar-refractivity contribution is 5.95. The van der Waals surface area contributed by atoms with Gasteiger partial charge in [-0.25, -0.2) is 4.79 Å². The van der Waals surface area contributed by atoms with Crippen molar-refractivity contribution in [2.24, 2.45) is 88.2 Å². The Kier molecular flexibility index (Phi) is 41.3. The average Bonchev–Trinajstić information content (AvgIpc) is 3.36. The van der Waals surface area contributed by atoms with Crippen LogP contribution in [0.2, 0.25) is 0 Å². The number of unbranched alkanes of at least 4 members (excludes halogenated alkanes) is 15. The largest absolute Gasteiger partial charge is 0.481 e. The number of rotatable bonds is 48. The molecule has 0 spiro atoms. The molecule has 5 atom stereocenters. The van der Waals surface area contributed by atoms with Crippen LogP contribution in [0.5, 0.6) is 0 Å². The summed E-state index contributed by atoms with van der Waals surface area (Å²) in [4.78, 5) is 100. The topological polar surface area (TPSA) is 502 Å². The number of carboxylic acids is 1. The molecule has 27 nitrogen and oxygen atoms in total. The van der Waals surface area contributed by atoms with Gasteiger partial charge in [-0.3, -0.25) is 48.9 Å². The minimum Gasteiger partial charge on any atom is -0.481 e. The minimum atomic E-state index is -1.26. The third-order valence-electron chi connectivity index (χ3n) is 12.3. The number of aliphatic imine (C=N–C) groups is 5. The van der Waals surface area contributed by atoms with Crippen LogP contribution >= 0.6 is 0 Å². The molecule has 27 heteroatoms. The molecule has 0 aromatic heterocycles. The number of hydrogen-bond acceptors (Lipinski definition) is 12. The summed E-state index contributed by atoms with van der Waals surface area (Å²) in [6.45, 7) is 2.70. The third-order valence-corrected chi connectivity index (χ3v) is 12.3. The van der Waals surface area contributed by atoms with Gasteiger partial charge in [-0.15, -0.1) is 0 Å². The van der Waals surface area contributed by atoms with E-state index in [0.29, 0.717) is 32.2 Å². The van der Waals surface area contributed by atoms with Crippen molar-refractivity contribution in [3.05, 3.63) is 0 Å². The maximum Gasteiger partial charge on any atom is 0.328 e. The summed E-state index contributed by atoms with van der Waals surface area (Å²) in [5.41, 5.74) is 55.1. The number of nitrogens with two attached hydrogens (primary N) is 10. The number of guanidine groups is 5. The molecule has 5 unspecified atom stereocenters. The van der Waals surface area contributed by atoms with Crippen molar-refractivity contribution in [2.75, 3.05) is 39.3 Å². The minimum absolute atomic E-state index is 0.00883. The lowest BCUT2D eigenvalue weighted by atomic mass is 10.0. The number of carbonyl (C=O) groups excluding carboxylic acids is 5. The Morgan fingerprint density at radius 3 is 0.935 bits per heavy atom. The van der Waals surface area contributed by atoms with E-state index < -0.39 is 65.7 Å². The van der Waals surface area contributed by atoms with E-state index in [-0.39, 0.29) is 114 Å². The zero-order valence-corrected chi connectivity index (χ0v) is 46.0. The normalized spacial score (nSPS) is 12.7. The molecule has 0 saturated carbocycles. The summed E-state index contributed by atoms with van der Waals surface area (Å²) in [5, 5.41) is 19.8. The van der Waals surface area contributed by atoms with Gasteiger partial charge in [0.2, 0.25) is 23.6 Å². The molecular weight excluding hydrogens is 995 g/mol. The SMILES string of the molecule is CC(CCCN=C(N)N)C(=O)NC(CCCN=C(N)N)C(=O)NC(CCCN=C(N)N)C(=O)NC(CCCN=C(N)N)C(=O)NC(CCCN=C(N)N)C(=O)OCCCCCCCCCCCCCCCCCCC(=O)O. The number of nitrogens with zero attached hydrogens (tertiary/aromatic N) is 5. The van der Waals surface area contributed by atoms with Crippen LogP contribution in [0.25, 0.3) is 0 Å². The lowest BCUT2D eigenvalue weighted by Crippen LogP contribution is -2.58. The molecule has 442 valence electrons. The quantitative estimate of drug-likeness (QED) is 0.0166. The third kappa shape index (κ3) is 42.0. The highest BCUT2D eigenvalue weighted by Crippen LogP contribution is 2.15. The van der Waals surface area contributed by atoms with E-state index in [1.165, 1.54) is 51.4 Å². The van der Waals surface area contributed by atoms with Gasteiger partial charge in [0.25, 0.3) is 0 Å². The number of amides is 4. The van der Waals surface area contributed by atoms with Crippen LogP contribution in [-0.2, 0) is 33.5 Å². The van der Waals surface area contributed by atoms with Gasteiger partial charge in [-0.2, -0.15) is 0 Å². The van der Waals surface area contributed by atoms with Crippen molar-refractivity contribution in [3.8, 4) is 0 Å². The van der Waals surface area contributed by atoms with Gasteiger partial charge in [0.15, 0.2) is 29.8 Å². The number of carbonyl (C=O) groups is 6. The van der Waals surface area contributed by atoms with E-state index in [0.717, 1.165) is 44.9 Å². The van der Waals surface area contributed by atoms with Crippen LogP contribution in [0, 0.1) is 5.92 Å². The van der Waals surface area contributed by atoms with Gasteiger partial charge in [-0.05, 0) is 77.0 Å². The Bertz CT molecular complexity index is 1830. The number of carboxylic acid groups (broad SMARTS) is 1. The van der Waals surface area contributed by atoms with Crippen molar-refractivity contribution in [2.45, 2.75) is 204 Å². The fourth-order valence-corrected chi connectivity index (χ4v) is 8.06. The number of esters is 1. The zero-order valence-electron chi connectivity index (χ0n) is 46.0.